The molecular formula is C19H17N3O6. The molecule has 1 fully saturated rings. The molecule has 9 heteroatoms. The molecule has 9 nitrogen and oxygen atoms in total. The van der Waals surface area contributed by atoms with Crippen LogP contribution in [0.4, 0.5) is 14.4 Å². The first-order valence-electron chi connectivity index (χ1n) is 8.41. The van der Waals surface area contributed by atoms with Crippen LogP contribution >= 0.6 is 0 Å². The number of benzene rings is 2. The minimum absolute atomic E-state index is 0.0546. The van der Waals surface area contributed by atoms with Gasteiger partial charge in [0.1, 0.15) is 5.75 Å². The Kier molecular flexibility index (Phi) is 5.54. The van der Waals surface area contributed by atoms with Gasteiger partial charge in [0, 0.05) is 0 Å². The van der Waals surface area contributed by atoms with Crippen molar-refractivity contribution in [3.8, 4) is 5.75 Å². The Morgan fingerprint density at radius 1 is 0.929 bits per heavy atom. The van der Waals surface area contributed by atoms with Crippen molar-refractivity contribution in [1.82, 2.24) is 15.1 Å². The summed E-state index contributed by atoms with van der Waals surface area (Å²) in [4.78, 5) is 50.1. The first-order valence-corrected chi connectivity index (χ1v) is 8.41. The largest absolute Gasteiger partial charge is 0.479 e. The van der Waals surface area contributed by atoms with E-state index in [0.29, 0.717) is 5.56 Å². The van der Waals surface area contributed by atoms with Crippen LogP contribution in [-0.2, 0) is 4.79 Å². The van der Waals surface area contributed by atoms with Crippen molar-refractivity contribution in [3.63, 3.8) is 0 Å². The Balaban J connectivity index is 1.65. The Hall–Kier alpha value is -3.88. The number of urea groups is 2. The van der Waals surface area contributed by atoms with E-state index in [1.807, 2.05) is 0 Å². The predicted octanol–water partition coefficient (Wildman–Crippen LogP) is 2.46. The lowest BCUT2D eigenvalue weighted by Gasteiger charge is -2.20. The van der Waals surface area contributed by atoms with E-state index in [9.17, 15) is 24.3 Å². The number of hydrogen-bond donors (Lipinski definition) is 2. The molecule has 0 aliphatic carbocycles. The maximum absolute atomic E-state index is 12.4. The minimum Gasteiger partial charge on any atom is -0.479 e. The number of nitrogens with zero attached hydrogens (tertiary/aromatic N) is 2. The Morgan fingerprint density at radius 3 is 2.11 bits per heavy atom. The van der Waals surface area contributed by atoms with Gasteiger partial charge in [-0.15, -0.1) is 0 Å². The zero-order valence-corrected chi connectivity index (χ0v) is 14.6. The zero-order chi connectivity index (χ0) is 20.1. The highest BCUT2D eigenvalue weighted by Crippen LogP contribution is 2.17. The lowest BCUT2D eigenvalue weighted by molar-refractivity contribution is -0.139. The van der Waals surface area contributed by atoms with Gasteiger partial charge in [0.25, 0.3) is 0 Å². The molecule has 0 aromatic heterocycles. The zero-order valence-electron chi connectivity index (χ0n) is 14.6. The second-order valence-corrected chi connectivity index (χ2v) is 5.90. The smallest absolute Gasteiger partial charge is 0.423 e. The number of amides is 5. The van der Waals surface area contributed by atoms with E-state index in [0.717, 1.165) is 9.80 Å². The number of carboxylic acids is 1. The highest BCUT2D eigenvalue weighted by molar-refractivity contribution is 6.02. The lowest BCUT2D eigenvalue weighted by Crippen LogP contribution is -2.46. The molecule has 2 aromatic carbocycles. The summed E-state index contributed by atoms with van der Waals surface area (Å²) in [6.45, 7) is -0.128. The number of carbonyl (C=O) groups is 4. The number of carboxylic acid groups (broad SMARTS) is 1. The van der Waals surface area contributed by atoms with Gasteiger partial charge < -0.3 is 15.2 Å². The molecule has 144 valence electrons. The average Bonchev–Trinajstić information content (AvgIpc) is 3.09. The summed E-state index contributed by atoms with van der Waals surface area (Å²) in [6.07, 6.45) is -0.913. The molecule has 1 heterocycles. The minimum atomic E-state index is -1.33. The predicted molar refractivity (Wildman–Crippen MR) is 96.6 cm³/mol. The molecule has 1 saturated heterocycles. The van der Waals surface area contributed by atoms with Gasteiger partial charge in [-0.2, -0.15) is 0 Å². The fourth-order valence-corrected chi connectivity index (χ4v) is 2.67. The molecule has 1 unspecified atom stereocenters. The number of nitrogens with one attached hydrogen (secondary N) is 1. The number of carbonyl (C=O) groups excluding carboxylic acids is 3. The molecule has 2 aromatic rings. The standard InChI is InChI=1S/C19H17N3O6/c23-16(24)15(13-7-3-1-4-8-13)20-17(25)21-11-12-22(18(21)26)19(27)28-14-9-5-2-6-10-14/h1-10,15H,11-12H2,(H,20,25)(H,23,24). The van der Waals surface area contributed by atoms with Gasteiger partial charge in [-0.25, -0.2) is 29.0 Å². The number of rotatable bonds is 4. The highest BCUT2D eigenvalue weighted by atomic mass is 16.6. The van der Waals surface area contributed by atoms with Crippen molar-refractivity contribution in [2.75, 3.05) is 13.1 Å². The summed E-state index contributed by atoms with van der Waals surface area (Å²) in [6, 6.07) is 13.2. The summed E-state index contributed by atoms with van der Waals surface area (Å²) in [5.41, 5.74) is 0.357. The van der Waals surface area contributed by atoms with Crippen molar-refractivity contribution < 1.29 is 29.0 Å². The average molecular weight is 383 g/mol. The second kappa shape index (κ2) is 8.21. The van der Waals surface area contributed by atoms with Gasteiger partial charge in [0.15, 0.2) is 6.04 Å². The van der Waals surface area contributed by atoms with E-state index in [1.165, 1.54) is 0 Å². The first-order chi connectivity index (χ1) is 13.5. The molecule has 1 aliphatic rings. The van der Waals surface area contributed by atoms with E-state index in [1.54, 1.807) is 60.7 Å². The molecule has 0 spiro atoms. The second-order valence-electron chi connectivity index (χ2n) is 5.90. The van der Waals surface area contributed by atoms with Crippen LogP contribution in [0, 0.1) is 0 Å². The Bertz CT molecular complexity index is 887. The highest BCUT2D eigenvalue weighted by Gasteiger charge is 2.39. The SMILES string of the molecule is O=C(O)C(NC(=O)N1CCN(C(=O)Oc2ccccc2)C1=O)c1ccccc1. The van der Waals surface area contributed by atoms with Gasteiger partial charge in [-0.05, 0) is 17.7 Å². The molecule has 3 rings (SSSR count). The lowest BCUT2D eigenvalue weighted by atomic mass is 10.1. The van der Waals surface area contributed by atoms with Crippen molar-refractivity contribution in [3.05, 3.63) is 66.2 Å². The molecule has 5 amide bonds. The molecular weight excluding hydrogens is 366 g/mol. The quantitative estimate of drug-likeness (QED) is 0.838. The van der Waals surface area contributed by atoms with Gasteiger partial charge in [-0.3, -0.25) is 0 Å². The molecule has 2 N–H and O–H groups in total. The first kappa shape index (κ1) is 18.9. The third-order valence-corrected chi connectivity index (χ3v) is 4.07. The fourth-order valence-electron chi connectivity index (χ4n) is 2.67. The molecule has 0 saturated carbocycles. The number of hydrogen-bond acceptors (Lipinski definition) is 5. The van der Waals surface area contributed by atoms with E-state index in [2.05, 4.69) is 5.32 Å². The number of para-hydroxylation sites is 1. The fraction of sp³-hybridized carbons (Fsp3) is 0.158. The van der Waals surface area contributed by atoms with Crippen molar-refractivity contribution >= 4 is 24.1 Å². The maximum Gasteiger partial charge on any atom is 0.423 e. The van der Waals surface area contributed by atoms with Crippen molar-refractivity contribution in [2.24, 2.45) is 0 Å². The van der Waals surface area contributed by atoms with Crippen LogP contribution in [0.3, 0.4) is 0 Å². The maximum atomic E-state index is 12.4. The van der Waals surface area contributed by atoms with Gasteiger partial charge in [0.2, 0.25) is 0 Å². The Labute approximate surface area is 160 Å². The number of aliphatic carboxylic acids is 1. The van der Waals surface area contributed by atoms with Gasteiger partial charge in [-0.1, -0.05) is 48.5 Å². The van der Waals surface area contributed by atoms with Gasteiger partial charge in [0.05, 0.1) is 13.1 Å². The summed E-state index contributed by atoms with van der Waals surface area (Å²) in [7, 11) is 0. The summed E-state index contributed by atoms with van der Waals surface area (Å²) >= 11 is 0. The monoisotopic (exact) mass is 383 g/mol. The van der Waals surface area contributed by atoms with E-state index in [-0.39, 0.29) is 18.8 Å². The van der Waals surface area contributed by atoms with Crippen LogP contribution < -0.4 is 10.1 Å². The molecule has 1 atom stereocenters. The van der Waals surface area contributed by atoms with Crippen LogP contribution in [0.25, 0.3) is 0 Å². The van der Waals surface area contributed by atoms with Crippen LogP contribution in [0.1, 0.15) is 11.6 Å². The van der Waals surface area contributed by atoms with Crippen LogP contribution in [-0.4, -0.2) is 52.1 Å². The Morgan fingerprint density at radius 2 is 1.50 bits per heavy atom. The van der Waals surface area contributed by atoms with Gasteiger partial charge >= 0.3 is 24.1 Å². The summed E-state index contributed by atoms with van der Waals surface area (Å²) < 4.78 is 5.10. The van der Waals surface area contributed by atoms with Crippen LogP contribution in [0.15, 0.2) is 60.7 Å². The third kappa shape index (κ3) is 4.09. The van der Waals surface area contributed by atoms with E-state index >= 15 is 0 Å². The van der Waals surface area contributed by atoms with E-state index < -0.39 is 30.2 Å². The summed E-state index contributed by atoms with van der Waals surface area (Å²) in [5, 5.41) is 11.7. The molecule has 0 bridgehead atoms. The number of ether oxygens (including phenoxy) is 1. The van der Waals surface area contributed by atoms with Crippen molar-refractivity contribution in [1.29, 1.82) is 0 Å². The number of imide groups is 2. The topological polar surface area (TPSA) is 116 Å². The third-order valence-electron chi connectivity index (χ3n) is 4.07. The van der Waals surface area contributed by atoms with Crippen LogP contribution in [0.5, 0.6) is 5.75 Å². The molecule has 28 heavy (non-hydrogen) atoms. The molecule has 1 aliphatic heterocycles. The molecule has 0 radical (unpaired) electrons. The van der Waals surface area contributed by atoms with E-state index in [4.69, 9.17) is 4.74 Å². The van der Waals surface area contributed by atoms with Crippen molar-refractivity contribution in [2.45, 2.75) is 6.04 Å². The summed E-state index contributed by atoms with van der Waals surface area (Å²) in [5.74, 6) is -1.01. The normalized spacial score (nSPS) is 14.5. The van der Waals surface area contributed by atoms with Crippen LogP contribution in [0.2, 0.25) is 0 Å².